The van der Waals surface area contributed by atoms with Crippen molar-refractivity contribution in [1.29, 1.82) is 0 Å². The van der Waals surface area contributed by atoms with Crippen molar-refractivity contribution in [2.45, 2.75) is 43.8 Å². The van der Waals surface area contributed by atoms with E-state index in [2.05, 4.69) is 60.8 Å². The SMILES string of the molecule is SC1c2cc(CN3CC=C(c4ncnc5sccc45)CC3)ccc2CN1C1CCCNC1. The molecule has 5 heterocycles. The molecule has 3 aromatic rings. The van der Waals surface area contributed by atoms with Gasteiger partial charge in [0, 0.05) is 44.2 Å². The molecule has 2 unspecified atom stereocenters. The molecule has 1 N–H and O–H groups in total. The maximum absolute atomic E-state index is 5.03. The van der Waals surface area contributed by atoms with Crippen molar-refractivity contribution in [1.82, 2.24) is 25.1 Å². The maximum Gasteiger partial charge on any atom is 0.127 e. The first-order valence-electron chi connectivity index (χ1n) is 11.6. The molecule has 1 saturated heterocycles. The van der Waals surface area contributed by atoms with E-state index in [1.807, 2.05) is 0 Å². The summed E-state index contributed by atoms with van der Waals surface area (Å²) in [6, 6.07) is 9.81. The molecule has 2 atom stereocenters. The Morgan fingerprint density at radius 3 is 3.03 bits per heavy atom. The fourth-order valence-electron chi connectivity index (χ4n) is 5.41. The van der Waals surface area contributed by atoms with E-state index >= 15 is 0 Å². The van der Waals surface area contributed by atoms with Crippen molar-refractivity contribution >= 4 is 39.8 Å². The minimum Gasteiger partial charge on any atom is -0.315 e. The number of hydrogen-bond acceptors (Lipinski definition) is 7. The third-order valence-electron chi connectivity index (χ3n) is 7.16. The number of nitrogens with one attached hydrogen (secondary N) is 1. The number of hydrogen-bond donors (Lipinski definition) is 2. The number of nitrogens with zero attached hydrogens (tertiary/aromatic N) is 4. The Morgan fingerprint density at radius 2 is 2.19 bits per heavy atom. The summed E-state index contributed by atoms with van der Waals surface area (Å²) in [6.45, 7) is 6.28. The molecule has 3 aliphatic rings. The van der Waals surface area contributed by atoms with E-state index in [1.165, 1.54) is 40.5 Å². The van der Waals surface area contributed by atoms with Gasteiger partial charge in [-0.25, -0.2) is 9.97 Å². The van der Waals surface area contributed by atoms with Crippen LogP contribution in [0.5, 0.6) is 0 Å². The molecule has 0 amide bonds. The molecule has 0 radical (unpaired) electrons. The molecule has 0 aliphatic carbocycles. The first-order chi connectivity index (χ1) is 15.8. The van der Waals surface area contributed by atoms with Crippen molar-refractivity contribution in [2.75, 3.05) is 26.2 Å². The molecule has 166 valence electrons. The van der Waals surface area contributed by atoms with Gasteiger partial charge < -0.3 is 5.32 Å². The molecule has 3 aliphatic heterocycles. The Balaban J connectivity index is 1.14. The number of rotatable bonds is 4. The van der Waals surface area contributed by atoms with E-state index < -0.39 is 0 Å². The van der Waals surface area contributed by atoms with Crippen LogP contribution in [0, 0.1) is 0 Å². The number of thiol groups is 1. The minimum atomic E-state index is 0.216. The van der Waals surface area contributed by atoms with E-state index in [0.717, 1.165) is 56.2 Å². The zero-order chi connectivity index (χ0) is 21.5. The van der Waals surface area contributed by atoms with Crippen molar-refractivity contribution < 1.29 is 0 Å². The minimum absolute atomic E-state index is 0.216. The Bertz CT molecular complexity index is 1150. The highest BCUT2D eigenvalue weighted by atomic mass is 32.1. The molecular formula is C25H29N5S2. The van der Waals surface area contributed by atoms with Crippen LogP contribution in [-0.2, 0) is 13.1 Å². The van der Waals surface area contributed by atoms with Crippen LogP contribution in [0.15, 0.2) is 42.0 Å². The van der Waals surface area contributed by atoms with E-state index in [9.17, 15) is 0 Å². The van der Waals surface area contributed by atoms with Crippen LogP contribution in [0.1, 0.15) is 47.0 Å². The normalized spacial score (nSPS) is 24.6. The van der Waals surface area contributed by atoms with Crippen LogP contribution in [0.25, 0.3) is 15.8 Å². The fourth-order valence-corrected chi connectivity index (χ4v) is 6.65. The number of fused-ring (bicyclic) bond motifs is 2. The summed E-state index contributed by atoms with van der Waals surface area (Å²) in [5, 5.41) is 7.06. The lowest BCUT2D eigenvalue weighted by molar-refractivity contribution is 0.163. The molecule has 1 fully saturated rings. The first kappa shape index (κ1) is 20.8. The third-order valence-corrected chi connectivity index (χ3v) is 8.56. The second kappa shape index (κ2) is 8.88. The second-order valence-electron chi connectivity index (χ2n) is 9.16. The van der Waals surface area contributed by atoms with Gasteiger partial charge in [-0.05, 0) is 59.5 Å². The number of thiophene rings is 1. The van der Waals surface area contributed by atoms with Crippen LogP contribution in [0.3, 0.4) is 0 Å². The van der Waals surface area contributed by atoms with Crippen LogP contribution in [0.2, 0.25) is 0 Å². The molecule has 32 heavy (non-hydrogen) atoms. The Labute approximate surface area is 199 Å². The van der Waals surface area contributed by atoms with Crippen LogP contribution in [-0.4, -0.2) is 52.0 Å². The molecular weight excluding hydrogens is 434 g/mol. The van der Waals surface area contributed by atoms with E-state index in [4.69, 9.17) is 12.6 Å². The van der Waals surface area contributed by atoms with Crippen molar-refractivity contribution in [2.24, 2.45) is 0 Å². The van der Waals surface area contributed by atoms with Crippen molar-refractivity contribution in [3.05, 3.63) is 64.4 Å². The molecule has 5 nitrogen and oxygen atoms in total. The third kappa shape index (κ3) is 3.90. The molecule has 7 heteroatoms. The highest BCUT2D eigenvalue weighted by molar-refractivity contribution is 7.80. The highest BCUT2D eigenvalue weighted by Gasteiger charge is 2.33. The average Bonchev–Trinajstić information content (AvgIpc) is 3.45. The highest BCUT2D eigenvalue weighted by Crippen LogP contribution is 2.39. The summed E-state index contributed by atoms with van der Waals surface area (Å²) in [7, 11) is 0. The van der Waals surface area contributed by atoms with E-state index in [-0.39, 0.29) is 5.37 Å². The van der Waals surface area contributed by atoms with Gasteiger partial charge in [0.25, 0.3) is 0 Å². The first-order valence-corrected chi connectivity index (χ1v) is 13.0. The Morgan fingerprint density at radius 1 is 1.22 bits per heavy atom. The van der Waals surface area contributed by atoms with Gasteiger partial charge in [0.05, 0.1) is 11.1 Å². The number of piperidine rings is 1. The lowest BCUT2D eigenvalue weighted by atomic mass is 10.0. The van der Waals surface area contributed by atoms with Gasteiger partial charge >= 0.3 is 0 Å². The maximum atomic E-state index is 5.03. The van der Waals surface area contributed by atoms with E-state index in [1.54, 1.807) is 17.7 Å². The predicted molar refractivity (Wildman–Crippen MR) is 135 cm³/mol. The number of benzene rings is 1. The zero-order valence-corrected chi connectivity index (χ0v) is 19.9. The summed E-state index contributed by atoms with van der Waals surface area (Å²) < 4.78 is 0. The zero-order valence-electron chi connectivity index (χ0n) is 18.2. The molecule has 0 bridgehead atoms. The predicted octanol–water partition coefficient (Wildman–Crippen LogP) is 4.48. The van der Waals surface area contributed by atoms with E-state index in [0.29, 0.717) is 6.04 Å². The van der Waals surface area contributed by atoms with Gasteiger partial charge in [0.15, 0.2) is 0 Å². The Kier molecular flexibility index (Phi) is 5.77. The van der Waals surface area contributed by atoms with Crippen LogP contribution in [0.4, 0.5) is 0 Å². The van der Waals surface area contributed by atoms with Gasteiger partial charge in [-0.1, -0.05) is 24.3 Å². The van der Waals surface area contributed by atoms with Crippen LogP contribution >= 0.6 is 24.0 Å². The lowest BCUT2D eigenvalue weighted by Gasteiger charge is -2.34. The van der Waals surface area contributed by atoms with Crippen molar-refractivity contribution in [3.63, 3.8) is 0 Å². The summed E-state index contributed by atoms with van der Waals surface area (Å²) in [6.07, 6.45) is 7.63. The van der Waals surface area contributed by atoms with Gasteiger partial charge in [-0.15, -0.1) is 11.3 Å². The largest absolute Gasteiger partial charge is 0.315 e. The molecule has 1 aromatic carbocycles. The molecule has 2 aromatic heterocycles. The van der Waals surface area contributed by atoms with Gasteiger partial charge in [0.2, 0.25) is 0 Å². The molecule has 0 spiro atoms. The Hall–Kier alpha value is -1.77. The summed E-state index contributed by atoms with van der Waals surface area (Å²) in [5.41, 5.74) is 6.72. The number of aromatic nitrogens is 2. The smallest absolute Gasteiger partial charge is 0.127 e. The standard InChI is InChI=1S/C25H29N5S2/c31-25-22-12-17(3-4-19(22)15-30(25)20-2-1-8-26-13-20)14-29-9-5-18(6-10-29)23-21-7-11-32-24(21)28-16-27-23/h3-5,7,11-12,16,20,25-26,31H,1-2,6,8-10,13-15H2. The summed E-state index contributed by atoms with van der Waals surface area (Å²) in [5.74, 6) is 0. The topological polar surface area (TPSA) is 44.3 Å². The fraction of sp³-hybridized carbons (Fsp3) is 0.440. The second-order valence-corrected chi connectivity index (χ2v) is 10.5. The monoisotopic (exact) mass is 463 g/mol. The average molecular weight is 464 g/mol. The summed E-state index contributed by atoms with van der Waals surface area (Å²) in [4.78, 5) is 15.2. The van der Waals surface area contributed by atoms with Gasteiger partial charge in [0.1, 0.15) is 11.2 Å². The molecule has 0 saturated carbocycles. The molecule has 6 rings (SSSR count). The summed E-state index contributed by atoms with van der Waals surface area (Å²) >= 11 is 6.71. The van der Waals surface area contributed by atoms with Gasteiger partial charge in [-0.3, -0.25) is 9.80 Å². The quantitative estimate of drug-likeness (QED) is 0.559. The van der Waals surface area contributed by atoms with Crippen LogP contribution < -0.4 is 5.32 Å². The van der Waals surface area contributed by atoms with Crippen molar-refractivity contribution in [3.8, 4) is 0 Å². The lowest BCUT2D eigenvalue weighted by Crippen LogP contribution is -2.44. The van der Waals surface area contributed by atoms with Gasteiger partial charge in [-0.2, -0.15) is 12.6 Å².